The van der Waals surface area contributed by atoms with Gasteiger partial charge >= 0.3 is 5.97 Å². The van der Waals surface area contributed by atoms with Gasteiger partial charge in [-0.3, -0.25) is 4.79 Å². The molecule has 2 rings (SSSR count). The minimum absolute atomic E-state index is 0.149. The SMILES string of the molecule is CCOC(=O)c1c(C(=O)C(O)c2ccccc2)cccc1N(C)C. The number of benzene rings is 2. The number of hydrogen-bond acceptors (Lipinski definition) is 5. The topological polar surface area (TPSA) is 66.8 Å². The monoisotopic (exact) mass is 327 g/mol. The highest BCUT2D eigenvalue weighted by atomic mass is 16.5. The Morgan fingerprint density at radius 3 is 2.33 bits per heavy atom. The van der Waals surface area contributed by atoms with Crippen molar-refractivity contribution in [3.05, 3.63) is 65.2 Å². The van der Waals surface area contributed by atoms with Gasteiger partial charge in [0.1, 0.15) is 6.10 Å². The van der Waals surface area contributed by atoms with Crippen molar-refractivity contribution in [3.63, 3.8) is 0 Å². The summed E-state index contributed by atoms with van der Waals surface area (Å²) in [6.45, 7) is 1.91. The maximum absolute atomic E-state index is 12.8. The molecule has 2 aromatic rings. The smallest absolute Gasteiger partial charge is 0.340 e. The Hall–Kier alpha value is -2.66. The standard InChI is InChI=1S/C19H21NO4/c1-4-24-19(23)16-14(11-8-12-15(16)20(2)3)18(22)17(21)13-9-6-5-7-10-13/h5-12,17,21H,4H2,1-3H3. The summed E-state index contributed by atoms with van der Waals surface area (Å²) in [5, 5.41) is 10.4. The summed E-state index contributed by atoms with van der Waals surface area (Å²) in [6.07, 6.45) is -1.34. The van der Waals surface area contributed by atoms with Crippen molar-refractivity contribution in [1.82, 2.24) is 0 Å². The second-order valence-corrected chi connectivity index (χ2v) is 5.49. The summed E-state index contributed by atoms with van der Waals surface area (Å²) >= 11 is 0. The molecule has 0 heterocycles. The number of Topliss-reactive ketones (excluding diaryl/α,β-unsaturated/α-hetero) is 1. The van der Waals surface area contributed by atoms with Crippen LogP contribution in [0.4, 0.5) is 5.69 Å². The van der Waals surface area contributed by atoms with Gasteiger partial charge in [-0.25, -0.2) is 4.79 Å². The molecule has 0 saturated carbocycles. The van der Waals surface area contributed by atoms with E-state index in [2.05, 4.69) is 0 Å². The van der Waals surface area contributed by atoms with Gasteiger partial charge in [0.05, 0.1) is 17.9 Å². The van der Waals surface area contributed by atoms with E-state index in [0.717, 1.165) is 0 Å². The summed E-state index contributed by atoms with van der Waals surface area (Å²) < 4.78 is 5.10. The molecule has 1 N–H and O–H groups in total. The van der Waals surface area contributed by atoms with Crippen LogP contribution in [0.3, 0.4) is 0 Å². The highest BCUT2D eigenvalue weighted by Crippen LogP contribution is 2.27. The van der Waals surface area contributed by atoms with Gasteiger partial charge < -0.3 is 14.7 Å². The molecule has 0 aliphatic carbocycles. The molecule has 0 saturated heterocycles. The van der Waals surface area contributed by atoms with E-state index in [1.54, 1.807) is 68.4 Å². The number of aliphatic hydroxyl groups is 1. The summed E-state index contributed by atoms with van der Waals surface area (Å²) in [6, 6.07) is 13.6. The number of carbonyl (C=O) groups is 2. The predicted octanol–water partition coefficient (Wildman–Crippen LogP) is 2.85. The largest absolute Gasteiger partial charge is 0.462 e. The summed E-state index contributed by atoms with van der Waals surface area (Å²) in [5.74, 6) is -1.11. The Morgan fingerprint density at radius 2 is 1.75 bits per heavy atom. The van der Waals surface area contributed by atoms with Crippen molar-refractivity contribution in [2.45, 2.75) is 13.0 Å². The molecule has 1 atom stereocenters. The molecular formula is C19H21NO4. The number of ketones is 1. The van der Waals surface area contributed by atoms with Crippen molar-refractivity contribution >= 4 is 17.4 Å². The molecule has 126 valence electrons. The van der Waals surface area contributed by atoms with Crippen molar-refractivity contribution < 1.29 is 19.4 Å². The number of aliphatic hydroxyl groups excluding tert-OH is 1. The van der Waals surface area contributed by atoms with E-state index in [4.69, 9.17) is 4.74 Å². The van der Waals surface area contributed by atoms with Crippen molar-refractivity contribution in [3.8, 4) is 0 Å². The minimum Gasteiger partial charge on any atom is -0.462 e. The van der Waals surface area contributed by atoms with Crippen molar-refractivity contribution in [2.24, 2.45) is 0 Å². The molecule has 2 aromatic carbocycles. The Morgan fingerprint density at radius 1 is 1.08 bits per heavy atom. The summed E-state index contributed by atoms with van der Waals surface area (Å²) in [5.41, 5.74) is 1.37. The van der Waals surface area contributed by atoms with Crippen LogP contribution in [0.5, 0.6) is 0 Å². The number of esters is 1. The molecular weight excluding hydrogens is 306 g/mol. The van der Waals surface area contributed by atoms with E-state index in [1.807, 2.05) is 0 Å². The molecule has 0 amide bonds. The number of carbonyl (C=O) groups excluding carboxylic acids is 2. The molecule has 1 unspecified atom stereocenters. The molecule has 0 fully saturated rings. The summed E-state index contributed by atoms with van der Waals surface area (Å²) in [4.78, 5) is 26.9. The van der Waals surface area contributed by atoms with E-state index >= 15 is 0 Å². The lowest BCUT2D eigenvalue weighted by atomic mass is 9.95. The second-order valence-electron chi connectivity index (χ2n) is 5.49. The van der Waals surface area contributed by atoms with Crippen LogP contribution in [0.25, 0.3) is 0 Å². The van der Waals surface area contributed by atoms with Crippen LogP contribution in [0.1, 0.15) is 39.3 Å². The van der Waals surface area contributed by atoms with E-state index < -0.39 is 17.9 Å². The summed E-state index contributed by atoms with van der Waals surface area (Å²) in [7, 11) is 3.56. The lowest BCUT2D eigenvalue weighted by molar-refractivity contribution is 0.0520. The average molecular weight is 327 g/mol. The fourth-order valence-corrected chi connectivity index (χ4v) is 2.47. The van der Waals surface area contributed by atoms with Crippen LogP contribution >= 0.6 is 0 Å². The van der Waals surface area contributed by atoms with Gasteiger partial charge in [0.2, 0.25) is 0 Å². The van der Waals surface area contributed by atoms with E-state index in [1.165, 1.54) is 6.07 Å². The maximum atomic E-state index is 12.8. The quantitative estimate of drug-likeness (QED) is 0.653. The number of ether oxygens (including phenoxy) is 1. The highest BCUT2D eigenvalue weighted by molar-refractivity contribution is 6.11. The number of anilines is 1. The second kappa shape index (κ2) is 7.75. The fourth-order valence-electron chi connectivity index (χ4n) is 2.47. The van der Waals surface area contributed by atoms with E-state index in [9.17, 15) is 14.7 Å². The zero-order valence-corrected chi connectivity index (χ0v) is 14.0. The van der Waals surface area contributed by atoms with E-state index in [0.29, 0.717) is 11.3 Å². The van der Waals surface area contributed by atoms with Gasteiger partial charge in [-0.1, -0.05) is 42.5 Å². The number of nitrogens with zero attached hydrogens (tertiary/aromatic N) is 1. The third kappa shape index (κ3) is 3.63. The Labute approximate surface area is 141 Å². The third-order valence-electron chi connectivity index (χ3n) is 3.63. The molecule has 24 heavy (non-hydrogen) atoms. The molecule has 5 heteroatoms. The molecule has 0 bridgehead atoms. The maximum Gasteiger partial charge on any atom is 0.340 e. The minimum atomic E-state index is -1.34. The lowest BCUT2D eigenvalue weighted by Gasteiger charge is -2.20. The van der Waals surface area contributed by atoms with Crippen LogP contribution in [0.15, 0.2) is 48.5 Å². The van der Waals surface area contributed by atoms with Gasteiger partial charge in [0.15, 0.2) is 5.78 Å². The lowest BCUT2D eigenvalue weighted by Crippen LogP contribution is -2.21. The molecule has 0 aliphatic rings. The fraction of sp³-hybridized carbons (Fsp3) is 0.263. The normalized spacial score (nSPS) is 11.7. The predicted molar refractivity (Wildman–Crippen MR) is 92.5 cm³/mol. The first-order valence-corrected chi connectivity index (χ1v) is 7.72. The van der Waals surface area contributed by atoms with Crippen LogP contribution < -0.4 is 4.90 Å². The zero-order chi connectivity index (χ0) is 17.7. The Kier molecular flexibility index (Phi) is 5.71. The Bertz CT molecular complexity index is 725. The first kappa shape index (κ1) is 17.7. The molecule has 0 spiro atoms. The Balaban J connectivity index is 2.51. The van der Waals surface area contributed by atoms with Gasteiger partial charge in [-0.2, -0.15) is 0 Å². The third-order valence-corrected chi connectivity index (χ3v) is 3.63. The molecule has 0 aromatic heterocycles. The average Bonchev–Trinajstić information content (AvgIpc) is 2.60. The van der Waals surface area contributed by atoms with Gasteiger partial charge in [-0.05, 0) is 18.6 Å². The first-order chi connectivity index (χ1) is 11.5. The highest BCUT2D eigenvalue weighted by Gasteiger charge is 2.27. The van der Waals surface area contributed by atoms with Crippen molar-refractivity contribution in [2.75, 3.05) is 25.6 Å². The molecule has 0 radical (unpaired) electrons. The molecule has 5 nitrogen and oxygen atoms in total. The molecule has 0 aliphatic heterocycles. The first-order valence-electron chi connectivity index (χ1n) is 7.72. The number of rotatable bonds is 6. The zero-order valence-electron chi connectivity index (χ0n) is 14.0. The van der Waals surface area contributed by atoms with Crippen LogP contribution in [-0.2, 0) is 4.74 Å². The van der Waals surface area contributed by atoms with Crippen molar-refractivity contribution in [1.29, 1.82) is 0 Å². The van der Waals surface area contributed by atoms with Gasteiger partial charge in [-0.15, -0.1) is 0 Å². The van der Waals surface area contributed by atoms with Crippen LogP contribution in [-0.4, -0.2) is 37.6 Å². The van der Waals surface area contributed by atoms with Gasteiger partial charge in [0, 0.05) is 19.7 Å². The van der Waals surface area contributed by atoms with Gasteiger partial charge in [0.25, 0.3) is 0 Å². The van der Waals surface area contributed by atoms with Crippen LogP contribution in [0.2, 0.25) is 0 Å². The van der Waals surface area contributed by atoms with Crippen LogP contribution in [0, 0.1) is 0 Å². The number of hydrogen-bond donors (Lipinski definition) is 1. The van der Waals surface area contributed by atoms with E-state index in [-0.39, 0.29) is 17.7 Å².